The molecule has 3 aromatic rings. The molecule has 0 amide bonds. The molecule has 1 aliphatic heterocycles. The minimum absolute atomic E-state index is 0.0734. The average molecular weight is 449 g/mol. The predicted octanol–water partition coefficient (Wildman–Crippen LogP) is 4.26. The third-order valence-electron chi connectivity index (χ3n) is 5.80. The van der Waals surface area contributed by atoms with Crippen LogP contribution in [-0.2, 0) is 4.79 Å². The number of rotatable bonds is 2. The Kier molecular flexibility index (Phi) is 4.83. The van der Waals surface area contributed by atoms with E-state index >= 15 is 0 Å². The number of aromatic nitrogens is 1. The lowest BCUT2D eigenvalue weighted by molar-refractivity contribution is -0.118. The van der Waals surface area contributed by atoms with Crippen LogP contribution < -0.4 is 14.9 Å². The first-order chi connectivity index (χ1) is 14.8. The molecule has 31 heavy (non-hydrogen) atoms. The van der Waals surface area contributed by atoms with E-state index in [0.29, 0.717) is 32.8 Å². The van der Waals surface area contributed by atoms with Crippen LogP contribution in [0.15, 0.2) is 75.7 Å². The molecule has 0 radical (unpaired) electrons. The fraction of sp³-hybridized carbons (Fsp3) is 0.240. The van der Waals surface area contributed by atoms with Gasteiger partial charge < -0.3 is 0 Å². The second-order valence-corrected chi connectivity index (χ2v) is 10.2. The number of carbonyl (C=O) groups excluding carboxylic acids is 1. The molecule has 0 bridgehead atoms. The number of fused-ring (bicyclic) bond motifs is 1. The molecular weight excluding hydrogens is 428 g/mol. The summed E-state index contributed by atoms with van der Waals surface area (Å²) in [6, 6.07) is 16.7. The molecule has 6 heteroatoms. The van der Waals surface area contributed by atoms with Crippen molar-refractivity contribution in [3.8, 4) is 0 Å². The monoisotopic (exact) mass is 448 g/mol. The van der Waals surface area contributed by atoms with Crippen molar-refractivity contribution in [1.29, 1.82) is 0 Å². The van der Waals surface area contributed by atoms with Gasteiger partial charge in [0.1, 0.15) is 0 Å². The molecule has 0 spiro atoms. The van der Waals surface area contributed by atoms with Gasteiger partial charge in [0.25, 0.3) is 5.56 Å². The first kappa shape index (κ1) is 20.2. The summed E-state index contributed by atoms with van der Waals surface area (Å²) in [5.41, 5.74) is 2.87. The summed E-state index contributed by atoms with van der Waals surface area (Å²) in [7, 11) is 0. The predicted molar refractivity (Wildman–Crippen MR) is 124 cm³/mol. The summed E-state index contributed by atoms with van der Waals surface area (Å²) in [5.74, 6) is 0.0734. The summed E-state index contributed by atoms with van der Waals surface area (Å²) >= 11 is 7.66. The number of hydrogen-bond acceptors (Lipinski definition) is 4. The average Bonchev–Trinajstić information content (AvgIpc) is 3.03. The highest BCUT2D eigenvalue weighted by Gasteiger charge is 2.40. The van der Waals surface area contributed by atoms with Crippen molar-refractivity contribution in [1.82, 2.24) is 4.57 Å². The minimum Gasteiger partial charge on any atom is -0.294 e. The number of thiazole rings is 1. The maximum Gasteiger partial charge on any atom is 0.271 e. The van der Waals surface area contributed by atoms with E-state index in [0.717, 1.165) is 16.8 Å². The van der Waals surface area contributed by atoms with Gasteiger partial charge in [-0.25, -0.2) is 4.99 Å². The van der Waals surface area contributed by atoms with Crippen LogP contribution in [0.3, 0.4) is 0 Å². The lowest BCUT2D eigenvalue weighted by Gasteiger charge is -2.35. The molecule has 0 fully saturated rings. The zero-order valence-corrected chi connectivity index (χ0v) is 18.8. The number of ketones is 1. The van der Waals surface area contributed by atoms with E-state index in [9.17, 15) is 9.59 Å². The van der Waals surface area contributed by atoms with Gasteiger partial charge in [-0.3, -0.25) is 14.2 Å². The second-order valence-electron chi connectivity index (χ2n) is 8.82. The van der Waals surface area contributed by atoms with Gasteiger partial charge >= 0.3 is 0 Å². The molecule has 0 N–H and O–H groups in total. The molecule has 156 valence electrons. The zero-order chi connectivity index (χ0) is 21.8. The lowest BCUT2D eigenvalue weighted by atomic mass is 9.73. The standard InChI is InChI=1S/C25H21ClN2O2S/c1-25(2)13-18-21(19(29)14-25)22(15-8-4-3-5-9-15)28-23(30)20(31-24(28)27-18)12-16-10-6-7-11-17(16)26/h3-12,22H,13-14H2,1-2H3. The SMILES string of the molecule is CC1(C)CC(=O)C2=C(C1)N=c1sc(=Cc3ccccc3Cl)c(=O)n1C2c1ccccc1. The fourth-order valence-electron chi connectivity index (χ4n) is 4.43. The number of nitrogens with zero attached hydrogens (tertiary/aromatic N) is 2. The Labute approximate surface area is 188 Å². The number of hydrogen-bond donors (Lipinski definition) is 0. The van der Waals surface area contributed by atoms with E-state index < -0.39 is 6.04 Å². The van der Waals surface area contributed by atoms with E-state index in [4.69, 9.17) is 16.6 Å². The van der Waals surface area contributed by atoms with E-state index in [-0.39, 0.29) is 16.8 Å². The van der Waals surface area contributed by atoms with Crippen molar-refractivity contribution in [2.45, 2.75) is 32.7 Å². The van der Waals surface area contributed by atoms with Crippen LogP contribution >= 0.6 is 22.9 Å². The molecule has 0 saturated heterocycles. The third kappa shape index (κ3) is 3.52. The highest BCUT2D eigenvalue weighted by atomic mass is 35.5. The molecular formula is C25H21ClN2O2S. The van der Waals surface area contributed by atoms with E-state index in [1.807, 2.05) is 54.6 Å². The Morgan fingerprint density at radius 1 is 1.06 bits per heavy atom. The van der Waals surface area contributed by atoms with Crippen molar-refractivity contribution in [3.05, 3.63) is 102 Å². The smallest absolute Gasteiger partial charge is 0.271 e. The van der Waals surface area contributed by atoms with Gasteiger partial charge in [-0.2, -0.15) is 0 Å². The van der Waals surface area contributed by atoms with Gasteiger partial charge in [-0.1, -0.05) is 85.3 Å². The molecule has 1 unspecified atom stereocenters. The topological polar surface area (TPSA) is 51.4 Å². The molecule has 4 nitrogen and oxygen atoms in total. The molecule has 2 aliphatic rings. The Bertz CT molecular complexity index is 1410. The van der Waals surface area contributed by atoms with Crippen molar-refractivity contribution >= 4 is 34.8 Å². The van der Waals surface area contributed by atoms with Crippen LogP contribution in [0.4, 0.5) is 0 Å². The number of Topliss-reactive ketones (excluding diaryl/α,β-unsaturated/α-hetero) is 1. The molecule has 1 aliphatic carbocycles. The molecule has 2 heterocycles. The molecule has 5 rings (SSSR count). The van der Waals surface area contributed by atoms with Crippen LogP contribution in [0.1, 0.15) is 43.9 Å². The molecule has 1 atom stereocenters. The van der Waals surface area contributed by atoms with Gasteiger partial charge in [0.05, 0.1) is 16.3 Å². The van der Waals surface area contributed by atoms with Crippen LogP contribution in [0.2, 0.25) is 5.02 Å². The Balaban J connectivity index is 1.79. The first-order valence-electron chi connectivity index (χ1n) is 10.2. The van der Waals surface area contributed by atoms with Crippen LogP contribution in [0, 0.1) is 5.41 Å². The van der Waals surface area contributed by atoms with Gasteiger partial charge in [0, 0.05) is 17.0 Å². The summed E-state index contributed by atoms with van der Waals surface area (Å²) < 4.78 is 2.23. The first-order valence-corrected chi connectivity index (χ1v) is 11.4. The van der Waals surface area contributed by atoms with E-state index in [2.05, 4.69) is 13.8 Å². The highest BCUT2D eigenvalue weighted by Crippen LogP contribution is 2.43. The van der Waals surface area contributed by atoms with Crippen LogP contribution in [0.5, 0.6) is 0 Å². The van der Waals surface area contributed by atoms with E-state index in [1.54, 1.807) is 10.6 Å². The summed E-state index contributed by atoms with van der Waals surface area (Å²) in [6.07, 6.45) is 2.98. The number of halogens is 1. The van der Waals surface area contributed by atoms with Gasteiger partial charge in [-0.15, -0.1) is 0 Å². The van der Waals surface area contributed by atoms with Crippen molar-refractivity contribution in [3.63, 3.8) is 0 Å². The van der Waals surface area contributed by atoms with E-state index in [1.165, 1.54) is 11.3 Å². The minimum atomic E-state index is -0.454. The normalized spacial score (nSPS) is 20.3. The molecule has 1 aromatic heterocycles. The third-order valence-corrected chi connectivity index (χ3v) is 7.13. The summed E-state index contributed by atoms with van der Waals surface area (Å²) in [6.45, 7) is 4.18. The number of benzene rings is 2. The number of carbonyl (C=O) groups is 1. The largest absolute Gasteiger partial charge is 0.294 e. The maximum absolute atomic E-state index is 13.5. The van der Waals surface area contributed by atoms with Crippen molar-refractivity contribution in [2.24, 2.45) is 10.4 Å². The van der Waals surface area contributed by atoms with Crippen molar-refractivity contribution < 1.29 is 4.79 Å². The summed E-state index contributed by atoms with van der Waals surface area (Å²) in [4.78, 5) is 32.2. The lowest BCUT2D eigenvalue weighted by Crippen LogP contribution is -2.42. The number of allylic oxidation sites excluding steroid dienone is 2. The quantitative estimate of drug-likeness (QED) is 0.588. The van der Waals surface area contributed by atoms with Crippen LogP contribution in [0.25, 0.3) is 6.08 Å². The van der Waals surface area contributed by atoms with Crippen LogP contribution in [-0.4, -0.2) is 10.4 Å². The second kappa shape index (κ2) is 7.43. The summed E-state index contributed by atoms with van der Waals surface area (Å²) in [5, 5.41) is 0.587. The highest BCUT2D eigenvalue weighted by molar-refractivity contribution is 7.07. The van der Waals surface area contributed by atoms with Gasteiger partial charge in [0.2, 0.25) is 0 Å². The zero-order valence-electron chi connectivity index (χ0n) is 17.3. The fourth-order valence-corrected chi connectivity index (χ4v) is 5.63. The molecule has 2 aromatic carbocycles. The van der Waals surface area contributed by atoms with Gasteiger partial charge in [-0.05, 0) is 35.1 Å². The Morgan fingerprint density at radius 2 is 1.77 bits per heavy atom. The Hall–Kier alpha value is -2.76. The Morgan fingerprint density at radius 3 is 2.52 bits per heavy atom. The van der Waals surface area contributed by atoms with Gasteiger partial charge in [0.15, 0.2) is 10.6 Å². The molecule has 0 saturated carbocycles. The van der Waals surface area contributed by atoms with Crippen molar-refractivity contribution in [2.75, 3.05) is 0 Å². The maximum atomic E-state index is 13.5.